The minimum Gasteiger partial charge on any atom is -0.616 e. The largest absolute Gasteiger partial charge is 0.616 e. The van der Waals surface area contributed by atoms with E-state index in [0.717, 1.165) is 0 Å². The Hall–Kier alpha value is -3.39. The fraction of sp³-hybridized carbons (Fsp3) is 0.143. The van der Waals surface area contributed by atoms with Crippen LogP contribution >= 0.6 is 0 Å². The van der Waals surface area contributed by atoms with Crippen molar-refractivity contribution in [3.8, 4) is 0 Å². The zero-order valence-corrected chi connectivity index (χ0v) is 16.6. The summed E-state index contributed by atoms with van der Waals surface area (Å²) in [4.78, 5) is 14.2. The molecule has 0 aromatic heterocycles. The van der Waals surface area contributed by atoms with Gasteiger partial charge >= 0.3 is 0 Å². The molecule has 2 aromatic rings. The molecule has 0 radical (unpaired) electrons. The van der Waals surface area contributed by atoms with E-state index in [1.807, 2.05) is 6.92 Å². The van der Waals surface area contributed by atoms with Crippen molar-refractivity contribution in [1.82, 2.24) is 0 Å². The summed E-state index contributed by atoms with van der Waals surface area (Å²) in [6, 6.07) is 8.06. The molecule has 1 aliphatic carbocycles. The minimum absolute atomic E-state index is 0.00568. The first-order valence-electron chi connectivity index (χ1n) is 8.92. The lowest BCUT2D eigenvalue weighted by atomic mass is 10.1. The van der Waals surface area contributed by atoms with Gasteiger partial charge in [-0.1, -0.05) is 30.4 Å². The number of sulfonamides is 1. The van der Waals surface area contributed by atoms with Gasteiger partial charge in [0, 0.05) is 28.5 Å². The van der Waals surface area contributed by atoms with E-state index in [1.165, 1.54) is 25.3 Å². The summed E-state index contributed by atoms with van der Waals surface area (Å²) >= 11 is 0. The Balaban J connectivity index is 1.93. The fourth-order valence-electron chi connectivity index (χ4n) is 3.57. The van der Waals surface area contributed by atoms with Crippen LogP contribution in [-0.4, -0.2) is 33.7 Å². The van der Waals surface area contributed by atoms with Gasteiger partial charge in [-0.15, -0.1) is 0 Å². The third-order valence-corrected chi connectivity index (χ3v) is 6.22. The Labute approximate surface area is 168 Å². The van der Waals surface area contributed by atoms with E-state index >= 15 is 0 Å². The second kappa shape index (κ2) is 6.89. The van der Waals surface area contributed by atoms with Crippen molar-refractivity contribution < 1.29 is 23.1 Å². The zero-order valence-electron chi connectivity index (χ0n) is 15.7. The van der Waals surface area contributed by atoms with Crippen LogP contribution in [0.3, 0.4) is 0 Å². The summed E-state index contributed by atoms with van der Waals surface area (Å²) in [5.74, 6) is -0.834. The van der Waals surface area contributed by atoms with Gasteiger partial charge in [0.1, 0.15) is 0 Å². The molecule has 2 aliphatic rings. The van der Waals surface area contributed by atoms with E-state index in [0.29, 0.717) is 28.6 Å². The summed E-state index contributed by atoms with van der Waals surface area (Å²) < 4.78 is 34.9. The van der Waals surface area contributed by atoms with E-state index in [2.05, 4.69) is 4.40 Å². The molecule has 0 spiro atoms. The van der Waals surface area contributed by atoms with Crippen molar-refractivity contribution in [1.29, 1.82) is 0 Å². The number of carbonyl (C=O) groups excluding carboxylic acids is 1. The highest BCUT2D eigenvalue weighted by Gasteiger charge is 2.31. The topological polar surface area (TPSA) is 99.1 Å². The molecule has 8 heteroatoms. The Bertz CT molecular complexity index is 1270. The second-order valence-electron chi connectivity index (χ2n) is 6.44. The molecular weight excluding hydrogens is 392 g/mol. The van der Waals surface area contributed by atoms with E-state index in [1.54, 1.807) is 41.3 Å². The van der Waals surface area contributed by atoms with E-state index in [4.69, 9.17) is 4.74 Å². The number of methoxy groups -OCH3 is 1. The zero-order chi connectivity index (χ0) is 20.8. The van der Waals surface area contributed by atoms with Gasteiger partial charge in [0.25, 0.3) is 15.9 Å². The molecule has 2 aromatic carbocycles. The van der Waals surface area contributed by atoms with Crippen LogP contribution in [-0.2, 0) is 14.8 Å². The molecule has 0 N–H and O–H groups in total. The predicted octanol–water partition coefficient (Wildman–Crippen LogP) is 2.29. The van der Waals surface area contributed by atoms with Crippen LogP contribution in [0.25, 0.3) is 10.8 Å². The molecule has 29 heavy (non-hydrogen) atoms. The molecule has 148 valence electrons. The monoisotopic (exact) mass is 409 g/mol. The van der Waals surface area contributed by atoms with Crippen LogP contribution in [0.2, 0.25) is 0 Å². The number of ether oxygens (including phenoxy) is 1. The average molecular weight is 409 g/mol. The maximum atomic E-state index is 13.1. The lowest BCUT2D eigenvalue weighted by Crippen LogP contribution is -2.25. The van der Waals surface area contributed by atoms with Crippen molar-refractivity contribution >= 4 is 38.1 Å². The third kappa shape index (κ3) is 2.92. The minimum atomic E-state index is -4.16. The molecule has 4 rings (SSSR count). The van der Waals surface area contributed by atoms with Crippen molar-refractivity contribution in [2.24, 2.45) is 4.40 Å². The molecule has 0 atom stereocenters. The summed E-state index contributed by atoms with van der Waals surface area (Å²) in [5, 5.41) is 13.0. The molecule has 0 fully saturated rings. The first-order chi connectivity index (χ1) is 13.9. The van der Waals surface area contributed by atoms with Crippen molar-refractivity contribution in [2.75, 3.05) is 18.6 Å². The van der Waals surface area contributed by atoms with Gasteiger partial charge in [-0.25, -0.2) is 0 Å². The van der Waals surface area contributed by atoms with Gasteiger partial charge in [-0.2, -0.15) is 12.8 Å². The summed E-state index contributed by atoms with van der Waals surface area (Å²) in [6.07, 6.45) is 6.07. The smallest absolute Gasteiger partial charge is 0.283 e. The number of allylic oxidation sites excluding steroid dienone is 5. The Morgan fingerprint density at radius 1 is 1.17 bits per heavy atom. The fourth-order valence-corrected chi connectivity index (χ4v) is 4.78. The third-order valence-electron chi connectivity index (χ3n) is 4.87. The van der Waals surface area contributed by atoms with Gasteiger partial charge in [0.15, 0.2) is 0 Å². The number of benzene rings is 2. The van der Waals surface area contributed by atoms with Gasteiger partial charge in [0.2, 0.25) is 0 Å². The van der Waals surface area contributed by atoms with E-state index in [-0.39, 0.29) is 22.1 Å². The van der Waals surface area contributed by atoms with Gasteiger partial charge < -0.3 is 14.7 Å². The van der Waals surface area contributed by atoms with Gasteiger partial charge in [0.05, 0.1) is 22.2 Å². The van der Waals surface area contributed by atoms with Gasteiger partial charge in [-0.3, -0.25) is 4.79 Å². The molecule has 7 nitrogen and oxygen atoms in total. The molecule has 0 bridgehead atoms. The van der Waals surface area contributed by atoms with Crippen LogP contribution in [0.15, 0.2) is 75.4 Å². The highest BCUT2D eigenvalue weighted by Crippen LogP contribution is 2.40. The van der Waals surface area contributed by atoms with Crippen molar-refractivity contribution in [3.05, 3.63) is 71.7 Å². The SMILES string of the molecule is CCN1C(=O)c2cccc3c(S(=O)(=O)N=C4C=CC=CC4=C([O-])OC)ccc1c23. The van der Waals surface area contributed by atoms with Crippen LogP contribution in [0.4, 0.5) is 5.69 Å². The Kier molecular flexibility index (Phi) is 4.50. The standard InChI is InChI=1S/C21H18N2O5S/c1-3-23-17-11-12-18(14-8-6-9-15(19(14)17)20(23)24)29(26,27)22-16-10-5-4-7-13(16)21(25)28-2/h4-12,25H,3H2,1-2H3/p-1. The normalized spacial score (nSPS) is 18.8. The number of anilines is 1. The molecule has 1 aliphatic heterocycles. The first-order valence-corrected chi connectivity index (χ1v) is 10.4. The quantitative estimate of drug-likeness (QED) is 0.722. The maximum Gasteiger partial charge on any atom is 0.283 e. The number of hydrogen-bond acceptors (Lipinski definition) is 5. The molecular formula is C21H17N2O5S-. The summed E-state index contributed by atoms with van der Waals surface area (Å²) in [7, 11) is -2.95. The maximum absolute atomic E-state index is 13.1. The molecule has 1 amide bonds. The summed E-state index contributed by atoms with van der Waals surface area (Å²) in [6.45, 7) is 2.34. The highest BCUT2D eigenvalue weighted by molar-refractivity contribution is 7.90. The van der Waals surface area contributed by atoms with Gasteiger partial charge in [-0.05, 0) is 38.3 Å². The average Bonchev–Trinajstić information content (AvgIpc) is 3.00. The Morgan fingerprint density at radius 2 is 1.93 bits per heavy atom. The Morgan fingerprint density at radius 3 is 2.66 bits per heavy atom. The predicted molar refractivity (Wildman–Crippen MR) is 108 cm³/mol. The summed E-state index contributed by atoms with van der Waals surface area (Å²) in [5.41, 5.74) is 1.19. The van der Waals surface area contributed by atoms with Crippen LogP contribution in [0, 0.1) is 0 Å². The van der Waals surface area contributed by atoms with Crippen LogP contribution in [0.5, 0.6) is 0 Å². The highest BCUT2D eigenvalue weighted by atomic mass is 32.2. The molecule has 0 saturated carbocycles. The van der Waals surface area contributed by atoms with Crippen LogP contribution in [0.1, 0.15) is 17.3 Å². The number of amides is 1. The molecule has 0 saturated heterocycles. The number of rotatable bonds is 4. The molecule has 1 heterocycles. The number of carbonyl (C=O) groups is 1. The lowest BCUT2D eigenvalue weighted by Gasteiger charge is -2.16. The van der Waals surface area contributed by atoms with E-state index in [9.17, 15) is 18.3 Å². The van der Waals surface area contributed by atoms with Crippen LogP contribution < -0.4 is 10.0 Å². The number of hydrogen-bond donors (Lipinski definition) is 0. The van der Waals surface area contributed by atoms with Crippen molar-refractivity contribution in [3.63, 3.8) is 0 Å². The van der Waals surface area contributed by atoms with E-state index < -0.39 is 16.0 Å². The number of nitrogens with zero attached hydrogens (tertiary/aromatic N) is 2. The lowest BCUT2D eigenvalue weighted by molar-refractivity contribution is -0.354. The van der Waals surface area contributed by atoms with Crippen molar-refractivity contribution in [2.45, 2.75) is 11.8 Å². The molecule has 0 unspecified atom stereocenters. The second-order valence-corrected chi connectivity index (χ2v) is 8.01. The first kappa shape index (κ1) is 18.9.